The Morgan fingerprint density at radius 1 is 1.15 bits per heavy atom. The standard InChI is InChI=1S/C20H21N3O2S/c1-14-13-18(21-19-15(14)5-3-6-16(19)25-2)22-8-10-23(11-9-22)20(24)17-7-4-12-26-17/h3-7,12-13H,8-11H2,1-2H3. The molecule has 1 aromatic carbocycles. The van der Waals surface area contributed by atoms with Gasteiger partial charge in [0.15, 0.2) is 0 Å². The second kappa shape index (κ2) is 6.96. The Morgan fingerprint density at radius 2 is 1.96 bits per heavy atom. The van der Waals surface area contributed by atoms with E-state index in [0.29, 0.717) is 13.1 Å². The predicted molar refractivity (Wildman–Crippen MR) is 105 cm³/mol. The molecule has 134 valence electrons. The molecular formula is C20H21N3O2S. The van der Waals surface area contributed by atoms with Gasteiger partial charge in [0, 0.05) is 31.6 Å². The largest absolute Gasteiger partial charge is 0.494 e. The summed E-state index contributed by atoms with van der Waals surface area (Å²) in [5, 5.41) is 3.05. The molecule has 1 fully saturated rings. The fraction of sp³-hybridized carbons (Fsp3) is 0.300. The normalized spacial score (nSPS) is 14.7. The van der Waals surface area contributed by atoms with Crippen LogP contribution in [0.3, 0.4) is 0 Å². The average Bonchev–Trinajstić information content (AvgIpc) is 3.22. The van der Waals surface area contributed by atoms with Gasteiger partial charge < -0.3 is 14.5 Å². The maximum absolute atomic E-state index is 12.5. The highest BCUT2D eigenvalue weighted by Crippen LogP contribution is 2.29. The van der Waals surface area contributed by atoms with E-state index in [1.807, 2.05) is 34.5 Å². The van der Waals surface area contributed by atoms with Crippen LogP contribution in [0.1, 0.15) is 15.2 Å². The first-order chi connectivity index (χ1) is 12.7. The summed E-state index contributed by atoms with van der Waals surface area (Å²) in [5.41, 5.74) is 2.07. The molecule has 1 aliphatic heterocycles. The van der Waals surface area contributed by atoms with Crippen LogP contribution in [0.4, 0.5) is 5.82 Å². The molecule has 0 atom stereocenters. The van der Waals surface area contributed by atoms with Gasteiger partial charge in [-0.25, -0.2) is 4.98 Å². The third-order valence-electron chi connectivity index (χ3n) is 4.84. The molecule has 0 saturated carbocycles. The van der Waals surface area contributed by atoms with Gasteiger partial charge in [-0.05, 0) is 36.1 Å². The summed E-state index contributed by atoms with van der Waals surface area (Å²) in [6, 6.07) is 11.9. The first kappa shape index (κ1) is 16.8. The van der Waals surface area contributed by atoms with Crippen molar-refractivity contribution in [1.29, 1.82) is 0 Å². The molecule has 4 rings (SSSR count). The Kier molecular flexibility index (Phi) is 4.51. The molecule has 0 bridgehead atoms. The zero-order valence-corrected chi connectivity index (χ0v) is 15.8. The first-order valence-electron chi connectivity index (χ1n) is 8.69. The number of hydrogen-bond acceptors (Lipinski definition) is 5. The lowest BCUT2D eigenvalue weighted by Gasteiger charge is -2.35. The van der Waals surface area contributed by atoms with Crippen molar-refractivity contribution < 1.29 is 9.53 Å². The maximum Gasteiger partial charge on any atom is 0.264 e. The predicted octanol–water partition coefficient (Wildman–Crippen LogP) is 3.58. The Bertz CT molecular complexity index is 932. The number of piperazine rings is 1. The molecule has 0 unspecified atom stereocenters. The SMILES string of the molecule is COc1cccc2c(C)cc(N3CCN(C(=O)c4cccs4)CC3)nc12. The fourth-order valence-corrected chi connectivity index (χ4v) is 4.09. The lowest BCUT2D eigenvalue weighted by atomic mass is 10.1. The van der Waals surface area contributed by atoms with Gasteiger partial charge in [0.25, 0.3) is 5.91 Å². The smallest absolute Gasteiger partial charge is 0.264 e. The number of amides is 1. The van der Waals surface area contributed by atoms with Crippen LogP contribution in [0.5, 0.6) is 5.75 Å². The summed E-state index contributed by atoms with van der Waals surface area (Å²) in [6.45, 7) is 5.08. The van der Waals surface area contributed by atoms with E-state index >= 15 is 0 Å². The van der Waals surface area contributed by atoms with Crippen LogP contribution in [0, 0.1) is 6.92 Å². The number of hydrogen-bond donors (Lipinski definition) is 0. The summed E-state index contributed by atoms with van der Waals surface area (Å²) in [6.07, 6.45) is 0. The number of nitrogens with zero attached hydrogens (tertiary/aromatic N) is 3. The highest BCUT2D eigenvalue weighted by molar-refractivity contribution is 7.12. The molecule has 5 nitrogen and oxygen atoms in total. The van der Waals surface area contributed by atoms with Gasteiger partial charge in [-0.1, -0.05) is 18.2 Å². The van der Waals surface area contributed by atoms with Gasteiger partial charge in [-0.2, -0.15) is 0 Å². The van der Waals surface area contributed by atoms with Crippen LogP contribution in [-0.4, -0.2) is 49.1 Å². The van der Waals surface area contributed by atoms with E-state index < -0.39 is 0 Å². The number of benzene rings is 1. The Hall–Kier alpha value is -2.60. The molecule has 1 aliphatic rings. The van der Waals surface area contributed by atoms with Crippen LogP contribution in [0.15, 0.2) is 41.8 Å². The number of thiophene rings is 1. The topological polar surface area (TPSA) is 45.7 Å². The van der Waals surface area contributed by atoms with Crippen molar-refractivity contribution >= 4 is 34.0 Å². The molecule has 0 aliphatic carbocycles. The first-order valence-corrected chi connectivity index (χ1v) is 9.57. The number of rotatable bonds is 3. The molecule has 6 heteroatoms. The molecule has 26 heavy (non-hydrogen) atoms. The quantitative estimate of drug-likeness (QED) is 0.710. The van der Waals surface area contributed by atoms with Gasteiger partial charge in [0.05, 0.1) is 12.0 Å². The van der Waals surface area contributed by atoms with Crippen molar-refractivity contribution in [3.05, 3.63) is 52.2 Å². The van der Waals surface area contributed by atoms with Crippen molar-refractivity contribution in [2.24, 2.45) is 0 Å². The molecule has 1 saturated heterocycles. The number of ether oxygens (including phenoxy) is 1. The van der Waals surface area contributed by atoms with Gasteiger partial charge in [-0.15, -0.1) is 11.3 Å². The average molecular weight is 367 g/mol. The third kappa shape index (κ3) is 3.01. The second-order valence-electron chi connectivity index (χ2n) is 6.41. The number of aryl methyl sites for hydroxylation is 1. The van der Waals surface area contributed by atoms with E-state index in [-0.39, 0.29) is 5.91 Å². The summed E-state index contributed by atoms with van der Waals surface area (Å²) in [5.74, 6) is 1.87. The van der Waals surface area contributed by atoms with Crippen LogP contribution in [0.2, 0.25) is 0 Å². The molecular weight excluding hydrogens is 346 g/mol. The lowest BCUT2D eigenvalue weighted by molar-refractivity contribution is 0.0751. The number of carbonyl (C=O) groups excluding carboxylic acids is 1. The lowest BCUT2D eigenvalue weighted by Crippen LogP contribution is -2.48. The molecule has 0 radical (unpaired) electrons. The van der Waals surface area contributed by atoms with Crippen molar-refractivity contribution in [1.82, 2.24) is 9.88 Å². The highest BCUT2D eigenvalue weighted by Gasteiger charge is 2.24. The van der Waals surface area contributed by atoms with Crippen LogP contribution in [-0.2, 0) is 0 Å². The molecule has 0 spiro atoms. The van der Waals surface area contributed by atoms with Crippen molar-refractivity contribution in [3.8, 4) is 5.75 Å². The number of aromatic nitrogens is 1. The maximum atomic E-state index is 12.5. The van der Waals surface area contributed by atoms with Crippen LogP contribution in [0.25, 0.3) is 10.9 Å². The van der Waals surface area contributed by atoms with E-state index in [2.05, 4.69) is 24.0 Å². The summed E-state index contributed by atoms with van der Waals surface area (Å²) in [7, 11) is 1.67. The monoisotopic (exact) mass is 367 g/mol. The Labute approximate surface area is 156 Å². The number of anilines is 1. The van der Waals surface area contributed by atoms with Gasteiger partial charge in [0.1, 0.15) is 17.1 Å². The molecule has 1 amide bonds. The zero-order chi connectivity index (χ0) is 18.1. The molecule has 0 N–H and O–H groups in total. The highest BCUT2D eigenvalue weighted by atomic mass is 32.1. The summed E-state index contributed by atoms with van der Waals surface area (Å²) >= 11 is 1.50. The van der Waals surface area contributed by atoms with Crippen LogP contribution < -0.4 is 9.64 Å². The minimum atomic E-state index is 0.129. The second-order valence-corrected chi connectivity index (χ2v) is 7.36. The minimum Gasteiger partial charge on any atom is -0.494 e. The van der Waals surface area contributed by atoms with Gasteiger partial charge >= 0.3 is 0 Å². The Balaban J connectivity index is 1.55. The number of para-hydroxylation sites is 1. The van der Waals surface area contributed by atoms with Crippen molar-refractivity contribution in [2.45, 2.75) is 6.92 Å². The van der Waals surface area contributed by atoms with E-state index in [0.717, 1.165) is 40.4 Å². The molecule has 3 heterocycles. The minimum absolute atomic E-state index is 0.129. The number of fused-ring (bicyclic) bond motifs is 1. The number of methoxy groups -OCH3 is 1. The fourth-order valence-electron chi connectivity index (χ4n) is 3.40. The zero-order valence-electron chi connectivity index (χ0n) is 14.9. The molecule has 2 aromatic heterocycles. The van der Waals surface area contributed by atoms with Crippen molar-refractivity contribution in [2.75, 3.05) is 38.2 Å². The van der Waals surface area contributed by atoms with Crippen LogP contribution >= 0.6 is 11.3 Å². The van der Waals surface area contributed by atoms with E-state index in [1.54, 1.807) is 7.11 Å². The summed E-state index contributed by atoms with van der Waals surface area (Å²) in [4.78, 5) is 22.3. The van der Waals surface area contributed by atoms with E-state index in [9.17, 15) is 4.79 Å². The summed E-state index contributed by atoms with van der Waals surface area (Å²) < 4.78 is 5.48. The van der Waals surface area contributed by atoms with Crippen molar-refractivity contribution in [3.63, 3.8) is 0 Å². The number of carbonyl (C=O) groups is 1. The number of pyridine rings is 1. The molecule has 3 aromatic rings. The van der Waals surface area contributed by atoms with Gasteiger partial charge in [0.2, 0.25) is 0 Å². The Morgan fingerprint density at radius 3 is 2.65 bits per heavy atom. The van der Waals surface area contributed by atoms with Gasteiger partial charge in [-0.3, -0.25) is 4.79 Å². The van der Waals surface area contributed by atoms with E-state index in [1.165, 1.54) is 16.9 Å². The third-order valence-corrected chi connectivity index (χ3v) is 5.70. The van der Waals surface area contributed by atoms with E-state index in [4.69, 9.17) is 9.72 Å².